The lowest BCUT2D eigenvalue weighted by molar-refractivity contribution is 0.588. The molecule has 0 aliphatic heterocycles. The number of aromatic amines is 2. The van der Waals surface area contributed by atoms with E-state index in [0.717, 1.165) is 37.9 Å². The maximum atomic E-state index is 12.2. The van der Waals surface area contributed by atoms with Crippen LogP contribution in [0.5, 0.6) is 0 Å². The number of imidazole rings is 1. The second-order valence-electron chi connectivity index (χ2n) is 4.75. The van der Waals surface area contributed by atoms with Crippen LogP contribution in [0.25, 0.3) is 11.2 Å². The molecular formula is C13H20N4O2. The molecular weight excluding hydrogens is 244 g/mol. The Morgan fingerprint density at radius 3 is 2.53 bits per heavy atom. The number of unbranched alkanes of at least 4 members (excludes halogenated alkanes) is 2. The maximum Gasteiger partial charge on any atom is 0.330 e. The second-order valence-corrected chi connectivity index (χ2v) is 4.75. The third-order valence-corrected chi connectivity index (χ3v) is 3.18. The molecule has 2 aromatic heterocycles. The van der Waals surface area contributed by atoms with Crippen LogP contribution >= 0.6 is 0 Å². The Kier molecular flexibility index (Phi) is 4.19. The van der Waals surface area contributed by atoms with E-state index in [0.29, 0.717) is 17.7 Å². The number of hydrogen-bond acceptors (Lipinski definition) is 3. The zero-order valence-electron chi connectivity index (χ0n) is 11.5. The first-order valence-corrected chi connectivity index (χ1v) is 6.89. The third-order valence-electron chi connectivity index (χ3n) is 3.18. The van der Waals surface area contributed by atoms with E-state index in [9.17, 15) is 9.59 Å². The molecule has 0 atom stereocenters. The highest BCUT2D eigenvalue weighted by molar-refractivity contribution is 5.68. The van der Waals surface area contributed by atoms with Gasteiger partial charge in [0.2, 0.25) is 0 Å². The lowest BCUT2D eigenvalue weighted by atomic mass is 10.2. The van der Waals surface area contributed by atoms with Crippen molar-refractivity contribution < 1.29 is 0 Å². The second kappa shape index (κ2) is 5.86. The molecule has 6 heteroatoms. The van der Waals surface area contributed by atoms with Gasteiger partial charge in [0, 0.05) is 13.0 Å². The number of nitrogens with one attached hydrogen (secondary N) is 2. The van der Waals surface area contributed by atoms with Gasteiger partial charge in [-0.25, -0.2) is 9.78 Å². The van der Waals surface area contributed by atoms with Crippen LogP contribution in [0.4, 0.5) is 0 Å². The van der Waals surface area contributed by atoms with Crippen molar-refractivity contribution >= 4 is 11.2 Å². The largest absolute Gasteiger partial charge is 0.336 e. The molecule has 19 heavy (non-hydrogen) atoms. The molecule has 6 nitrogen and oxygen atoms in total. The van der Waals surface area contributed by atoms with Gasteiger partial charge in [-0.3, -0.25) is 14.3 Å². The Labute approximate surface area is 110 Å². The fraction of sp³-hybridized carbons (Fsp3) is 0.615. The predicted octanol–water partition coefficient (Wildman–Crippen LogP) is 1.56. The first-order chi connectivity index (χ1) is 9.17. The van der Waals surface area contributed by atoms with Gasteiger partial charge in [-0.2, -0.15) is 0 Å². The lowest BCUT2D eigenvalue weighted by Crippen LogP contribution is -2.35. The zero-order chi connectivity index (χ0) is 13.8. The molecule has 0 fully saturated rings. The number of fused-ring (bicyclic) bond motifs is 1. The molecule has 104 valence electrons. The average Bonchev–Trinajstić information content (AvgIpc) is 2.79. The van der Waals surface area contributed by atoms with Gasteiger partial charge >= 0.3 is 5.69 Å². The van der Waals surface area contributed by atoms with Crippen LogP contribution in [0, 0.1) is 0 Å². The number of hydrogen-bond donors (Lipinski definition) is 2. The molecule has 0 aliphatic carbocycles. The predicted molar refractivity (Wildman–Crippen MR) is 74.5 cm³/mol. The summed E-state index contributed by atoms with van der Waals surface area (Å²) in [5.41, 5.74) is 0.123. The minimum Gasteiger partial charge on any atom is -0.336 e. The van der Waals surface area contributed by atoms with E-state index in [1.165, 1.54) is 4.57 Å². The van der Waals surface area contributed by atoms with Crippen LogP contribution in [0.15, 0.2) is 9.59 Å². The van der Waals surface area contributed by atoms with Gasteiger partial charge in [0.1, 0.15) is 11.3 Å². The quantitative estimate of drug-likeness (QED) is 0.830. The van der Waals surface area contributed by atoms with Gasteiger partial charge in [0.25, 0.3) is 5.56 Å². The number of aryl methyl sites for hydroxylation is 1. The van der Waals surface area contributed by atoms with Crippen molar-refractivity contribution in [3.63, 3.8) is 0 Å². The fourth-order valence-electron chi connectivity index (χ4n) is 2.05. The van der Waals surface area contributed by atoms with Crippen LogP contribution in [0.3, 0.4) is 0 Å². The summed E-state index contributed by atoms with van der Waals surface area (Å²) in [6, 6.07) is 0. The Morgan fingerprint density at radius 1 is 1.11 bits per heavy atom. The van der Waals surface area contributed by atoms with E-state index >= 15 is 0 Å². The van der Waals surface area contributed by atoms with Gasteiger partial charge in [-0.05, 0) is 12.8 Å². The number of rotatable bonds is 6. The van der Waals surface area contributed by atoms with Crippen molar-refractivity contribution in [2.75, 3.05) is 0 Å². The summed E-state index contributed by atoms with van der Waals surface area (Å²) in [7, 11) is 0. The van der Waals surface area contributed by atoms with Crippen LogP contribution in [0.1, 0.15) is 45.4 Å². The van der Waals surface area contributed by atoms with Gasteiger partial charge in [-0.1, -0.05) is 26.7 Å². The van der Waals surface area contributed by atoms with Crippen molar-refractivity contribution in [1.29, 1.82) is 0 Å². The Morgan fingerprint density at radius 2 is 1.84 bits per heavy atom. The molecule has 2 rings (SSSR count). The molecule has 0 bridgehead atoms. The lowest BCUT2D eigenvalue weighted by Gasteiger charge is -2.01. The van der Waals surface area contributed by atoms with Crippen molar-refractivity contribution in [2.45, 2.75) is 52.5 Å². The van der Waals surface area contributed by atoms with Crippen molar-refractivity contribution in [3.05, 3.63) is 26.7 Å². The normalized spacial score (nSPS) is 11.3. The molecule has 0 aliphatic rings. The van der Waals surface area contributed by atoms with Crippen LogP contribution in [-0.2, 0) is 13.0 Å². The highest BCUT2D eigenvalue weighted by Gasteiger charge is 2.11. The first kappa shape index (κ1) is 13.6. The third kappa shape index (κ3) is 2.77. The number of nitrogens with zero attached hydrogens (tertiary/aromatic N) is 2. The standard InChI is InChI=1S/C13H20N4O2/c1-3-5-7-9-14-10-11(15-9)16-13(19)17(12(10)18)8-6-4-2/h3-8H2,1-2H3,(H,14,15)(H,16,19). The summed E-state index contributed by atoms with van der Waals surface area (Å²) < 4.78 is 1.24. The molecule has 0 aromatic carbocycles. The van der Waals surface area contributed by atoms with Crippen LogP contribution in [-0.4, -0.2) is 19.5 Å². The summed E-state index contributed by atoms with van der Waals surface area (Å²) >= 11 is 0. The van der Waals surface area contributed by atoms with Crippen molar-refractivity contribution in [2.24, 2.45) is 0 Å². The van der Waals surface area contributed by atoms with E-state index in [-0.39, 0.29) is 11.2 Å². The molecule has 0 saturated carbocycles. The molecule has 2 aromatic rings. The molecule has 0 radical (unpaired) electrons. The Balaban J connectivity index is 2.45. The summed E-state index contributed by atoms with van der Waals surface area (Å²) in [5.74, 6) is 0.762. The van der Waals surface area contributed by atoms with E-state index in [2.05, 4.69) is 21.9 Å². The number of aromatic nitrogens is 4. The van der Waals surface area contributed by atoms with Gasteiger partial charge < -0.3 is 4.98 Å². The van der Waals surface area contributed by atoms with Crippen molar-refractivity contribution in [1.82, 2.24) is 19.5 Å². The molecule has 2 heterocycles. The highest BCUT2D eigenvalue weighted by Crippen LogP contribution is 2.05. The molecule has 0 unspecified atom stereocenters. The Bertz CT molecular complexity index is 665. The minimum absolute atomic E-state index is 0.276. The Hall–Kier alpha value is -1.85. The van der Waals surface area contributed by atoms with E-state index < -0.39 is 0 Å². The summed E-state index contributed by atoms with van der Waals surface area (Å²) in [6.45, 7) is 4.57. The van der Waals surface area contributed by atoms with E-state index in [1.54, 1.807) is 0 Å². The van der Waals surface area contributed by atoms with E-state index in [1.807, 2.05) is 6.92 Å². The van der Waals surface area contributed by atoms with Gasteiger partial charge in [0.05, 0.1) is 0 Å². The smallest absolute Gasteiger partial charge is 0.330 e. The van der Waals surface area contributed by atoms with Crippen LogP contribution < -0.4 is 11.2 Å². The van der Waals surface area contributed by atoms with Crippen LogP contribution in [0.2, 0.25) is 0 Å². The average molecular weight is 264 g/mol. The van der Waals surface area contributed by atoms with Gasteiger partial charge in [-0.15, -0.1) is 0 Å². The molecule has 0 amide bonds. The fourth-order valence-corrected chi connectivity index (χ4v) is 2.05. The highest BCUT2D eigenvalue weighted by atomic mass is 16.2. The number of H-pyrrole nitrogens is 2. The topological polar surface area (TPSA) is 83.5 Å². The summed E-state index contributed by atoms with van der Waals surface area (Å²) in [5, 5.41) is 0. The maximum absolute atomic E-state index is 12.2. The summed E-state index contributed by atoms with van der Waals surface area (Å²) in [6.07, 6.45) is 4.62. The first-order valence-electron chi connectivity index (χ1n) is 6.89. The summed E-state index contributed by atoms with van der Waals surface area (Å²) in [4.78, 5) is 34.0. The molecule has 0 spiro atoms. The molecule has 0 saturated heterocycles. The van der Waals surface area contributed by atoms with E-state index in [4.69, 9.17) is 0 Å². The van der Waals surface area contributed by atoms with Gasteiger partial charge in [0.15, 0.2) is 5.65 Å². The van der Waals surface area contributed by atoms with Crippen molar-refractivity contribution in [3.8, 4) is 0 Å². The molecule has 2 N–H and O–H groups in total. The monoisotopic (exact) mass is 264 g/mol. The SMILES string of the molecule is CCCCc1nc2[nH]c(=O)n(CCCC)c(=O)c2[nH]1. The minimum atomic E-state index is -0.375. The zero-order valence-corrected chi connectivity index (χ0v) is 11.5.